The van der Waals surface area contributed by atoms with Crippen LogP contribution in [0, 0.1) is 12.8 Å². The van der Waals surface area contributed by atoms with E-state index in [1.54, 1.807) is 6.92 Å². The molecule has 1 amide bonds. The predicted molar refractivity (Wildman–Crippen MR) is 136 cm³/mol. The Hall–Kier alpha value is -3.12. The summed E-state index contributed by atoms with van der Waals surface area (Å²) in [6, 6.07) is 6.44. The van der Waals surface area contributed by atoms with Gasteiger partial charge in [0, 0.05) is 44.9 Å². The number of aryl methyl sites for hydroxylation is 1. The molecule has 0 radical (unpaired) electrons. The van der Waals surface area contributed by atoms with Gasteiger partial charge in [-0.25, -0.2) is 4.79 Å². The van der Waals surface area contributed by atoms with Crippen molar-refractivity contribution in [2.45, 2.75) is 82.1 Å². The first-order valence-electron chi connectivity index (χ1n) is 12.0. The van der Waals surface area contributed by atoms with Gasteiger partial charge in [-0.2, -0.15) is 0 Å². The summed E-state index contributed by atoms with van der Waals surface area (Å²) in [5.41, 5.74) is 1.01. The summed E-state index contributed by atoms with van der Waals surface area (Å²) in [5.74, 6) is -3.78. The number of carbonyl (C=O) groups excluding carboxylic acids is 5. The van der Waals surface area contributed by atoms with Gasteiger partial charge in [-0.15, -0.1) is 0 Å². The molecule has 1 fully saturated rings. The Morgan fingerprint density at radius 1 is 1.05 bits per heavy atom. The van der Waals surface area contributed by atoms with E-state index >= 15 is 0 Å². The van der Waals surface area contributed by atoms with Crippen molar-refractivity contribution in [2.75, 3.05) is 13.7 Å². The van der Waals surface area contributed by atoms with Crippen molar-refractivity contribution in [3.63, 3.8) is 0 Å². The van der Waals surface area contributed by atoms with E-state index < -0.39 is 65.0 Å². The van der Waals surface area contributed by atoms with Gasteiger partial charge in [-0.05, 0) is 19.1 Å². The molecule has 1 heterocycles. The zero-order valence-corrected chi connectivity index (χ0v) is 23.4. The van der Waals surface area contributed by atoms with Gasteiger partial charge in [0.05, 0.1) is 19.3 Å². The van der Waals surface area contributed by atoms with Gasteiger partial charge in [0.25, 0.3) is 0 Å². The zero-order chi connectivity index (χ0) is 28.6. The van der Waals surface area contributed by atoms with E-state index in [4.69, 9.17) is 23.7 Å². The minimum absolute atomic E-state index is 0.145. The fraction of sp³-hybridized carbons (Fsp3) is 0.577. The maximum atomic E-state index is 13.3. The molecule has 210 valence electrons. The Balaban J connectivity index is 2.62. The van der Waals surface area contributed by atoms with Gasteiger partial charge in [0.2, 0.25) is 10.8 Å². The van der Waals surface area contributed by atoms with Crippen LogP contribution in [-0.4, -0.2) is 72.8 Å². The van der Waals surface area contributed by atoms with Crippen LogP contribution in [0.4, 0.5) is 0 Å². The first-order valence-corrected chi connectivity index (χ1v) is 12.9. The number of ether oxygens (including phenoxy) is 5. The first kappa shape index (κ1) is 31.1. The number of methoxy groups -OCH3 is 1. The third kappa shape index (κ3) is 8.45. The van der Waals surface area contributed by atoms with Crippen molar-refractivity contribution in [2.24, 2.45) is 5.92 Å². The Morgan fingerprint density at radius 2 is 1.68 bits per heavy atom. The number of esters is 4. The average molecular weight is 554 g/mol. The molecule has 1 saturated heterocycles. The molecule has 0 unspecified atom stereocenters. The second-order valence-electron chi connectivity index (χ2n) is 9.13. The van der Waals surface area contributed by atoms with E-state index in [0.717, 1.165) is 17.3 Å². The van der Waals surface area contributed by atoms with Gasteiger partial charge in [-0.3, -0.25) is 19.2 Å². The van der Waals surface area contributed by atoms with Crippen molar-refractivity contribution in [1.29, 1.82) is 0 Å². The van der Waals surface area contributed by atoms with E-state index in [2.05, 4.69) is 5.32 Å². The monoisotopic (exact) mass is 553 g/mol. The van der Waals surface area contributed by atoms with E-state index in [1.807, 2.05) is 31.2 Å². The zero-order valence-electron chi connectivity index (χ0n) is 22.6. The minimum Gasteiger partial charge on any atom is -0.466 e. The van der Waals surface area contributed by atoms with Crippen molar-refractivity contribution in [3.05, 3.63) is 29.8 Å². The van der Waals surface area contributed by atoms with Crippen LogP contribution in [0.3, 0.4) is 0 Å². The van der Waals surface area contributed by atoms with Crippen LogP contribution in [0.15, 0.2) is 29.2 Å². The fourth-order valence-corrected chi connectivity index (χ4v) is 5.45. The van der Waals surface area contributed by atoms with Crippen LogP contribution >= 0.6 is 11.8 Å². The van der Waals surface area contributed by atoms with Crippen LogP contribution < -0.4 is 5.32 Å². The van der Waals surface area contributed by atoms with Crippen molar-refractivity contribution in [3.8, 4) is 0 Å². The largest absolute Gasteiger partial charge is 0.466 e. The van der Waals surface area contributed by atoms with Gasteiger partial charge in [-0.1, -0.05) is 36.4 Å². The number of carbonyl (C=O) groups is 5. The second-order valence-corrected chi connectivity index (χ2v) is 10.5. The quantitative estimate of drug-likeness (QED) is 0.337. The third-order valence-corrected chi connectivity index (χ3v) is 7.18. The first-order chi connectivity index (χ1) is 17.8. The van der Waals surface area contributed by atoms with Crippen LogP contribution in [-0.2, 0) is 47.7 Å². The lowest BCUT2D eigenvalue weighted by atomic mass is 9.85. The number of rotatable bonds is 10. The summed E-state index contributed by atoms with van der Waals surface area (Å²) < 4.78 is 27.7. The topological polar surface area (TPSA) is 144 Å². The SMILES string of the molecule is COC(=O)[C@]1(Sc2ccc(C)cc2)C[C@H](OC(C)=O)[C@@H](NC(C)=O)[C@H]([C@H](C)[C@@H](COC(C)=O)OC(C)=O)O1. The van der Waals surface area contributed by atoms with E-state index in [1.165, 1.54) is 34.8 Å². The molecule has 1 N–H and O–H groups in total. The van der Waals surface area contributed by atoms with E-state index in [9.17, 15) is 24.0 Å². The molecule has 11 nitrogen and oxygen atoms in total. The number of benzene rings is 1. The fourth-order valence-electron chi connectivity index (χ4n) is 4.23. The number of amides is 1. The standard InChI is InChI=1S/C26H35NO10S/c1-14-8-10-20(11-9-14)38-26(25(32)33-7)12-21(35-18(5)30)23(27-16(3)28)24(37-26)15(2)22(36-19(6)31)13-34-17(4)29/h8-11,15,21-24H,12-13H2,1-7H3,(H,27,28)/t15-,21+,22-,23-,24+,26-/m1/s1. The molecule has 1 aliphatic heterocycles. The second kappa shape index (κ2) is 13.6. The normalized spacial score (nSPS) is 24.3. The summed E-state index contributed by atoms with van der Waals surface area (Å²) >= 11 is 1.08. The highest BCUT2D eigenvalue weighted by Crippen LogP contribution is 2.46. The molecule has 0 aromatic heterocycles. The molecular weight excluding hydrogens is 518 g/mol. The summed E-state index contributed by atoms with van der Waals surface area (Å²) in [4.78, 5) is 60.0. The maximum Gasteiger partial charge on any atom is 0.349 e. The number of hydrogen-bond acceptors (Lipinski definition) is 11. The molecule has 0 aliphatic carbocycles. The van der Waals surface area contributed by atoms with Crippen molar-refractivity contribution < 1.29 is 47.7 Å². The van der Waals surface area contributed by atoms with Gasteiger partial charge >= 0.3 is 23.9 Å². The van der Waals surface area contributed by atoms with E-state index in [-0.39, 0.29) is 13.0 Å². The van der Waals surface area contributed by atoms with Crippen molar-refractivity contribution >= 4 is 41.5 Å². The molecule has 1 aromatic rings. The Bertz CT molecular complexity index is 1030. The number of hydrogen-bond donors (Lipinski definition) is 1. The van der Waals surface area contributed by atoms with Gasteiger partial charge in [0.1, 0.15) is 18.8 Å². The van der Waals surface area contributed by atoms with E-state index in [0.29, 0.717) is 4.90 Å². The van der Waals surface area contributed by atoms with Gasteiger partial charge in [0.15, 0.2) is 0 Å². The summed E-state index contributed by atoms with van der Waals surface area (Å²) in [7, 11) is 1.21. The molecule has 12 heteroatoms. The summed E-state index contributed by atoms with van der Waals surface area (Å²) in [6.45, 7) is 8.21. The number of thioether (sulfide) groups is 1. The van der Waals surface area contributed by atoms with Crippen molar-refractivity contribution in [1.82, 2.24) is 5.32 Å². The molecule has 0 bridgehead atoms. The smallest absolute Gasteiger partial charge is 0.349 e. The molecule has 0 saturated carbocycles. The minimum atomic E-state index is -1.69. The lowest BCUT2D eigenvalue weighted by molar-refractivity contribution is -0.205. The van der Waals surface area contributed by atoms with Crippen LogP contribution in [0.2, 0.25) is 0 Å². The highest BCUT2D eigenvalue weighted by atomic mass is 32.2. The Morgan fingerprint density at radius 3 is 2.18 bits per heavy atom. The summed E-state index contributed by atoms with van der Waals surface area (Å²) in [6.07, 6.45) is -3.21. The van der Waals surface area contributed by atoms with Crippen LogP contribution in [0.1, 0.15) is 46.6 Å². The molecule has 1 aromatic carbocycles. The summed E-state index contributed by atoms with van der Waals surface area (Å²) in [5, 5.41) is 2.76. The molecular formula is C26H35NO10S. The average Bonchev–Trinajstić information content (AvgIpc) is 2.82. The highest BCUT2D eigenvalue weighted by Gasteiger charge is 2.57. The predicted octanol–water partition coefficient (Wildman–Crippen LogP) is 2.31. The number of nitrogens with one attached hydrogen (secondary N) is 1. The lowest BCUT2D eigenvalue weighted by Gasteiger charge is -2.48. The Kier molecular flexibility index (Phi) is 11.1. The van der Waals surface area contributed by atoms with Gasteiger partial charge < -0.3 is 29.0 Å². The molecule has 2 rings (SSSR count). The third-order valence-electron chi connectivity index (χ3n) is 5.91. The highest BCUT2D eigenvalue weighted by molar-refractivity contribution is 8.01. The maximum absolute atomic E-state index is 13.3. The molecule has 38 heavy (non-hydrogen) atoms. The molecule has 6 atom stereocenters. The molecule has 0 spiro atoms. The van der Waals surface area contributed by atoms with Crippen LogP contribution in [0.25, 0.3) is 0 Å². The Labute approximate surface area is 226 Å². The van der Waals surface area contributed by atoms with Crippen LogP contribution in [0.5, 0.6) is 0 Å². The lowest BCUT2D eigenvalue weighted by Crippen LogP contribution is -2.65. The molecule has 1 aliphatic rings.